The summed E-state index contributed by atoms with van der Waals surface area (Å²) in [5.41, 5.74) is 2.21. The molecular weight excluding hydrogens is 371 g/mol. The van der Waals surface area contributed by atoms with Crippen LogP contribution < -0.4 is 4.90 Å². The Labute approximate surface area is 160 Å². The average Bonchev–Trinajstić information content (AvgIpc) is 2.62. The lowest BCUT2D eigenvalue weighted by Gasteiger charge is -2.39. The number of hydrogen-bond acceptors (Lipinski definition) is 3. The number of benzene rings is 2. The summed E-state index contributed by atoms with van der Waals surface area (Å²) in [5, 5.41) is 9.70. The molecule has 0 radical (unpaired) electrons. The molecule has 3 rings (SSSR count). The van der Waals surface area contributed by atoms with Crippen LogP contribution in [0.2, 0.25) is 0 Å². The Morgan fingerprint density at radius 2 is 1.89 bits per heavy atom. The van der Waals surface area contributed by atoms with Crippen molar-refractivity contribution in [2.75, 3.05) is 12.0 Å². The number of fused-ring (bicyclic) bond motifs is 1. The number of alkyl halides is 3. The average molecular weight is 391 g/mol. The minimum Gasteiger partial charge on any atom is -0.478 e. The molecule has 0 fully saturated rings. The zero-order valence-electron chi connectivity index (χ0n) is 15.7. The second-order valence-electron chi connectivity index (χ2n) is 6.78. The number of ether oxygens (including phenoxy) is 1. The van der Waals surface area contributed by atoms with E-state index in [1.165, 1.54) is 13.2 Å². The van der Waals surface area contributed by atoms with Crippen molar-refractivity contribution in [3.63, 3.8) is 0 Å². The van der Waals surface area contributed by atoms with Gasteiger partial charge in [-0.15, -0.1) is 0 Å². The van der Waals surface area contributed by atoms with Crippen LogP contribution in [0.1, 0.15) is 29.2 Å². The maximum absolute atomic E-state index is 13.3. The molecule has 1 heterocycles. The summed E-state index contributed by atoms with van der Waals surface area (Å²) in [6, 6.07) is 10.9. The number of carboxylic acid groups (broad SMARTS) is 1. The number of halogens is 3. The lowest BCUT2D eigenvalue weighted by Crippen LogP contribution is -2.43. The summed E-state index contributed by atoms with van der Waals surface area (Å²) in [6.45, 7) is 3.71. The van der Waals surface area contributed by atoms with Crippen molar-refractivity contribution in [1.29, 1.82) is 0 Å². The number of hydrogen-bond donors (Lipinski definition) is 1. The largest absolute Gasteiger partial charge is 0.478 e. The molecule has 7 heteroatoms. The summed E-state index contributed by atoms with van der Waals surface area (Å²) in [7, 11) is 1.35. The Hall–Kier alpha value is -2.80. The van der Waals surface area contributed by atoms with Crippen LogP contribution >= 0.6 is 0 Å². The quantitative estimate of drug-likeness (QED) is 0.808. The first-order chi connectivity index (χ1) is 13.1. The van der Waals surface area contributed by atoms with Gasteiger partial charge in [0.1, 0.15) is 0 Å². The fourth-order valence-corrected chi connectivity index (χ4v) is 3.56. The minimum absolute atomic E-state index is 0.0161. The molecule has 2 aromatic carbocycles. The van der Waals surface area contributed by atoms with Gasteiger partial charge in [-0.3, -0.25) is 0 Å². The Morgan fingerprint density at radius 3 is 2.46 bits per heavy atom. The molecule has 1 unspecified atom stereocenters. The van der Waals surface area contributed by atoms with Crippen LogP contribution in [0.5, 0.6) is 0 Å². The number of rotatable bonds is 4. The molecule has 1 aliphatic heterocycles. The zero-order valence-corrected chi connectivity index (χ0v) is 15.7. The van der Waals surface area contributed by atoms with Crippen molar-refractivity contribution in [1.82, 2.24) is 0 Å². The van der Waals surface area contributed by atoms with Gasteiger partial charge in [0.05, 0.1) is 11.1 Å². The predicted octanol–water partition coefficient (Wildman–Crippen LogP) is 4.86. The molecule has 0 spiro atoms. The van der Waals surface area contributed by atoms with Gasteiger partial charge >= 0.3 is 12.1 Å². The van der Waals surface area contributed by atoms with Gasteiger partial charge in [-0.05, 0) is 37.1 Å². The van der Waals surface area contributed by atoms with Gasteiger partial charge in [-0.2, -0.15) is 13.2 Å². The molecule has 0 aromatic heterocycles. The summed E-state index contributed by atoms with van der Waals surface area (Å²) < 4.78 is 45.3. The minimum atomic E-state index is -4.50. The number of aliphatic carboxylic acids is 1. The highest BCUT2D eigenvalue weighted by molar-refractivity contribution is 6.01. The van der Waals surface area contributed by atoms with Crippen molar-refractivity contribution in [3.05, 3.63) is 70.3 Å². The number of carbonyl (C=O) groups is 1. The molecule has 0 saturated carbocycles. The number of methoxy groups -OCH3 is 1. The van der Waals surface area contributed by atoms with E-state index in [9.17, 15) is 23.1 Å². The highest BCUT2D eigenvalue weighted by atomic mass is 19.4. The fraction of sp³-hybridized carbons (Fsp3) is 0.286. The molecule has 1 atom stereocenters. The fourth-order valence-electron chi connectivity index (χ4n) is 3.56. The molecule has 0 amide bonds. The van der Waals surface area contributed by atoms with E-state index in [1.54, 1.807) is 11.8 Å². The maximum atomic E-state index is 13.3. The third-order valence-corrected chi connectivity index (χ3v) is 4.86. The molecule has 148 valence electrons. The van der Waals surface area contributed by atoms with Crippen molar-refractivity contribution < 1.29 is 27.8 Å². The summed E-state index contributed by atoms with van der Waals surface area (Å²) >= 11 is 0. The molecule has 4 nitrogen and oxygen atoms in total. The monoisotopic (exact) mass is 391 g/mol. The summed E-state index contributed by atoms with van der Waals surface area (Å²) in [6.07, 6.45) is -5.51. The number of allylic oxidation sites excluding steroid dienone is 1. The Bertz CT molecular complexity index is 950. The van der Waals surface area contributed by atoms with Crippen LogP contribution in [0, 0.1) is 6.92 Å². The maximum Gasteiger partial charge on any atom is 0.416 e. The molecule has 2 aromatic rings. The van der Waals surface area contributed by atoms with E-state index >= 15 is 0 Å². The third kappa shape index (κ3) is 3.62. The Balaban J connectivity index is 2.20. The molecule has 0 bridgehead atoms. The second kappa shape index (κ2) is 7.31. The summed E-state index contributed by atoms with van der Waals surface area (Å²) in [4.78, 5) is 13.4. The first kappa shape index (κ1) is 19.9. The summed E-state index contributed by atoms with van der Waals surface area (Å²) in [5.74, 6) is -1.16. The van der Waals surface area contributed by atoms with Crippen LogP contribution in [-0.2, 0) is 22.3 Å². The van der Waals surface area contributed by atoms with Gasteiger partial charge in [0.2, 0.25) is 0 Å². The van der Waals surface area contributed by atoms with Gasteiger partial charge in [-0.1, -0.05) is 35.9 Å². The van der Waals surface area contributed by atoms with E-state index in [2.05, 4.69) is 0 Å². The molecule has 0 saturated heterocycles. The van der Waals surface area contributed by atoms with Crippen LogP contribution in [0.4, 0.5) is 18.9 Å². The lowest BCUT2D eigenvalue weighted by molar-refractivity contribution is -0.137. The van der Waals surface area contributed by atoms with Gasteiger partial charge in [0.15, 0.2) is 6.23 Å². The predicted molar refractivity (Wildman–Crippen MR) is 99.8 cm³/mol. The number of nitrogens with zero attached hydrogens (tertiary/aromatic N) is 1. The molecule has 1 N–H and O–H groups in total. The molecule has 1 aliphatic rings. The second-order valence-corrected chi connectivity index (χ2v) is 6.78. The van der Waals surface area contributed by atoms with Crippen molar-refractivity contribution in [2.45, 2.75) is 32.8 Å². The SMILES string of the molecule is COC1C(C(=O)O)=C(C)c2ccc(C(F)(F)F)cc2N1Cc1cccc(C)c1. The van der Waals surface area contributed by atoms with E-state index in [0.717, 1.165) is 23.3 Å². The topological polar surface area (TPSA) is 49.8 Å². The van der Waals surface area contributed by atoms with E-state index in [1.807, 2.05) is 31.2 Å². The normalized spacial score (nSPS) is 16.9. The molecule has 28 heavy (non-hydrogen) atoms. The van der Waals surface area contributed by atoms with Crippen LogP contribution in [0.25, 0.3) is 5.57 Å². The van der Waals surface area contributed by atoms with Gasteiger partial charge in [0.25, 0.3) is 0 Å². The number of anilines is 1. The first-order valence-corrected chi connectivity index (χ1v) is 8.64. The van der Waals surface area contributed by atoms with Crippen LogP contribution in [-0.4, -0.2) is 24.4 Å². The number of carboxylic acids is 1. The first-order valence-electron chi connectivity index (χ1n) is 8.64. The van der Waals surface area contributed by atoms with Crippen LogP contribution in [0.3, 0.4) is 0 Å². The third-order valence-electron chi connectivity index (χ3n) is 4.86. The standard InChI is InChI=1S/C21H20F3NO3/c1-12-5-4-6-14(9-12)11-25-17-10-15(21(22,23)24)7-8-16(17)13(2)18(20(26)27)19(25)28-3/h4-10,19H,11H2,1-3H3,(H,26,27). The lowest BCUT2D eigenvalue weighted by atomic mass is 9.91. The van der Waals surface area contributed by atoms with E-state index in [4.69, 9.17) is 4.74 Å². The van der Waals surface area contributed by atoms with Gasteiger partial charge in [0, 0.05) is 24.9 Å². The zero-order chi connectivity index (χ0) is 20.6. The molecular formula is C21H20F3NO3. The van der Waals surface area contributed by atoms with E-state index in [-0.39, 0.29) is 12.1 Å². The number of aryl methyl sites for hydroxylation is 1. The van der Waals surface area contributed by atoms with Gasteiger partial charge < -0.3 is 14.7 Å². The van der Waals surface area contributed by atoms with Crippen molar-refractivity contribution in [3.8, 4) is 0 Å². The van der Waals surface area contributed by atoms with Crippen molar-refractivity contribution in [2.24, 2.45) is 0 Å². The Kier molecular flexibility index (Phi) is 5.21. The smallest absolute Gasteiger partial charge is 0.416 e. The highest BCUT2D eigenvalue weighted by Gasteiger charge is 2.38. The van der Waals surface area contributed by atoms with Crippen molar-refractivity contribution >= 4 is 17.2 Å². The van der Waals surface area contributed by atoms with Crippen LogP contribution in [0.15, 0.2) is 48.0 Å². The van der Waals surface area contributed by atoms with E-state index < -0.39 is 23.9 Å². The molecule has 0 aliphatic carbocycles. The van der Waals surface area contributed by atoms with Gasteiger partial charge in [-0.25, -0.2) is 4.79 Å². The highest BCUT2D eigenvalue weighted by Crippen LogP contribution is 2.42. The van der Waals surface area contributed by atoms with E-state index in [0.29, 0.717) is 16.8 Å². The Morgan fingerprint density at radius 1 is 1.18 bits per heavy atom.